The summed E-state index contributed by atoms with van der Waals surface area (Å²) in [7, 11) is 0. The zero-order valence-corrected chi connectivity index (χ0v) is 14.6. The summed E-state index contributed by atoms with van der Waals surface area (Å²) < 4.78 is 16.3. The second kappa shape index (κ2) is 9.33. The Morgan fingerprint density at radius 1 is 1.14 bits per heavy atom. The summed E-state index contributed by atoms with van der Waals surface area (Å²) in [6.45, 7) is 11.9. The van der Waals surface area contributed by atoms with Crippen molar-refractivity contribution in [2.24, 2.45) is 5.92 Å². The van der Waals surface area contributed by atoms with Crippen molar-refractivity contribution < 1.29 is 19.0 Å². The third-order valence-corrected chi connectivity index (χ3v) is 3.31. The Bertz CT molecular complexity index is 321. The van der Waals surface area contributed by atoms with Crippen LogP contribution >= 0.6 is 0 Å². The van der Waals surface area contributed by atoms with Gasteiger partial charge in [-0.2, -0.15) is 0 Å². The first-order valence-electron chi connectivity index (χ1n) is 8.29. The molecule has 0 aromatic rings. The Morgan fingerprint density at radius 3 is 2.18 bits per heavy atom. The van der Waals surface area contributed by atoms with Crippen LogP contribution in [0.2, 0.25) is 0 Å². The molecule has 1 aliphatic rings. The highest BCUT2D eigenvalue weighted by Gasteiger charge is 2.32. The van der Waals surface area contributed by atoms with Gasteiger partial charge in [-0.15, -0.1) is 0 Å². The second-order valence-electron chi connectivity index (χ2n) is 6.58. The van der Waals surface area contributed by atoms with Gasteiger partial charge in [0, 0.05) is 32.3 Å². The highest BCUT2D eigenvalue weighted by Crippen LogP contribution is 2.32. The van der Waals surface area contributed by atoms with Gasteiger partial charge in [-0.25, -0.2) is 4.79 Å². The van der Waals surface area contributed by atoms with Crippen LogP contribution in [0.1, 0.15) is 47.5 Å². The van der Waals surface area contributed by atoms with Crippen LogP contribution in [0.25, 0.3) is 0 Å². The zero-order valence-electron chi connectivity index (χ0n) is 14.6. The molecule has 22 heavy (non-hydrogen) atoms. The summed E-state index contributed by atoms with van der Waals surface area (Å²) >= 11 is 0. The fraction of sp³-hybridized carbons (Fsp3) is 0.938. The van der Waals surface area contributed by atoms with E-state index in [1.165, 1.54) is 12.8 Å². The Kier molecular flexibility index (Phi) is 8.14. The molecule has 0 bridgehead atoms. The first kappa shape index (κ1) is 19.2. The van der Waals surface area contributed by atoms with Crippen LogP contribution < -0.4 is 10.6 Å². The molecule has 1 atom stereocenters. The Balaban J connectivity index is 2.34. The van der Waals surface area contributed by atoms with Crippen LogP contribution in [0.5, 0.6) is 0 Å². The molecule has 0 aliphatic heterocycles. The number of hydrogen-bond donors (Lipinski definition) is 2. The second-order valence-corrected chi connectivity index (χ2v) is 6.58. The normalized spacial score (nSPS) is 16.6. The highest BCUT2D eigenvalue weighted by molar-refractivity contribution is 5.67. The summed E-state index contributed by atoms with van der Waals surface area (Å²) in [6, 6.07) is 0.232. The van der Waals surface area contributed by atoms with Crippen molar-refractivity contribution in [3.8, 4) is 0 Å². The smallest absolute Gasteiger partial charge is 0.407 e. The number of hydrogen-bond acceptors (Lipinski definition) is 5. The Morgan fingerprint density at radius 2 is 1.73 bits per heavy atom. The maximum absolute atomic E-state index is 11.7. The number of carbonyl (C=O) groups is 1. The molecule has 0 saturated heterocycles. The number of rotatable bonds is 10. The lowest BCUT2D eigenvalue weighted by Crippen LogP contribution is -2.46. The Hall–Kier alpha value is -0.850. The minimum absolute atomic E-state index is 0.232. The molecule has 6 nitrogen and oxygen atoms in total. The minimum atomic E-state index is -0.471. The molecule has 1 amide bonds. The topological polar surface area (TPSA) is 68.8 Å². The maximum atomic E-state index is 11.7. The van der Waals surface area contributed by atoms with Gasteiger partial charge >= 0.3 is 6.09 Å². The molecule has 2 N–H and O–H groups in total. The molecular weight excluding hydrogens is 284 g/mol. The summed E-state index contributed by atoms with van der Waals surface area (Å²) in [5.74, 6) is 0.610. The Labute approximate surface area is 134 Å². The third kappa shape index (κ3) is 8.56. The summed E-state index contributed by atoms with van der Waals surface area (Å²) in [6.07, 6.45) is 1.78. The van der Waals surface area contributed by atoms with Crippen molar-refractivity contribution in [2.75, 3.05) is 26.3 Å². The van der Waals surface area contributed by atoms with Gasteiger partial charge in [-0.05, 0) is 53.4 Å². The predicted molar refractivity (Wildman–Crippen MR) is 85.8 cm³/mol. The number of carbonyl (C=O) groups excluding carboxylic acids is 1. The van der Waals surface area contributed by atoms with Gasteiger partial charge in [0.2, 0.25) is 0 Å². The maximum Gasteiger partial charge on any atom is 0.407 e. The van der Waals surface area contributed by atoms with Crippen molar-refractivity contribution in [1.82, 2.24) is 10.6 Å². The van der Waals surface area contributed by atoms with Gasteiger partial charge in [-0.3, -0.25) is 0 Å². The van der Waals surface area contributed by atoms with Crippen LogP contribution in [0.3, 0.4) is 0 Å². The quantitative estimate of drug-likeness (QED) is 0.605. The van der Waals surface area contributed by atoms with E-state index in [-0.39, 0.29) is 18.4 Å². The largest absolute Gasteiger partial charge is 0.444 e. The van der Waals surface area contributed by atoms with E-state index in [1.807, 2.05) is 34.6 Å². The first-order valence-corrected chi connectivity index (χ1v) is 8.29. The molecule has 1 saturated carbocycles. The SMILES string of the molecule is CCOC(CN[C@H](CNC(=O)OC(C)(C)C)C1CC1)OCC. The van der Waals surface area contributed by atoms with Crippen molar-refractivity contribution >= 4 is 6.09 Å². The van der Waals surface area contributed by atoms with Crippen molar-refractivity contribution in [3.05, 3.63) is 0 Å². The number of ether oxygens (including phenoxy) is 3. The van der Waals surface area contributed by atoms with Gasteiger partial charge < -0.3 is 24.8 Å². The number of nitrogens with one attached hydrogen (secondary N) is 2. The van der Waals surface area contributed by atoms with Gasteiger partial charge in [0.15, 0.2) is 6.29 Å². The first-order chi connectivity index (χ1) is 10.4. The van der Waals surface area contributed by atoms with E-state index in [4.69, 9.17) is 14.2 Å². The fourth-order valence-corrected chi connectivity index (χ4v) is 2.20. The molecule has 0 aromatic heterocycles. The lowest BCUT2D eigenvalue weighted by Gasteiger charge is -2.24. The third-order valence-electron chi connectivity index (χ3n) is 3.31. The summed E-state index contributed by atoms with van der Waals surface area (Å²) in [5.41, 5.74) is -0.471. The minimum Gasteiger partial charge on any atom is -0.444 e. The van der Waals surface area contributed by atoms with Crippen LogP contribution in [0.4, 0.5) is 4.79 Å². The van der Waals surface area contributed by atoms with E-state index >= 15 is 0 Å². The van der Waals surface area contributed by atoms with Crippen LogP contribution in [-0.4, -0.2) is 50.3 Å². The van der Waals surface area contributed by atoms with Gasteiger partial charge in [0.1, 0.15) is 5.60 Å². The summed E-state index contributed by atoms with van der Waals surface area (Å²) in [4.78, 5) is 11.7. The average Bonchev–Trinajstić information content (AvgIpc) is 3.21. The monoisotopic (exact) mass is 316 g/mol. The molecule has 1 rings (SSSR count). The van der Waals surface area contributed by atoms with E-state index in [0.717, 1.165) is 0 Å². The molecule has 0 radical (unpaired) electrons. The van der Waals surface area contributed by atoms with Crippen molar-refractivity contribution in [2.45, 2.75) is 65.4 Å². The molecule has 0 spiro atoms. The van der Waals surface area contributed by atoms with Crippen LogP contribution in [-0.2, 0) is 14.2 Å². The van der Waals surface area contributed by atoms with Crippen molar-refractivity contribution in [3.63, 3.8) is 0 Å². The molecule has 0 heterocycles. The predicted octanol–water partition coefficient (Wildman–Crippen LogP) is 2.28. The highest BCUT2D eigenvalue weighted by atomic mass is 16.7. The lowest BCUT2D eigenvalue weighted by atomic mass is 10.2. The average molecular weight is 316 g/mol. The van der Waals surface area contributed by atoms with Gasteiger partial charge in [-0.1, -0.05) is 0 Å². The van der Waals surface area contributed by atoms with Gasteiger partial charge in [0.25, 0.3) is 0 Å². The van der Waals surface area contributed by atoms with Crippen LogP contribution in [0.15, 0.2) is 0 Å². The van der Waals surface area contributed by atoms with Gasteiger partial charge in [0.05, 0.1) is 0 Å². The molecule has 130 valence electrons. The van der Waals surface area contributed by atoms with E-state index < -0.39 is 5.60 Å². The van der Waals surface area contributed by atoms with Crippen LogP contribution in [0, 0.1) is 5.92 Å². The number of amides is 1. The molecule has 1 aliphatic carbocycles. The van der Waals surface area contributed by atoms with E-state index in [1.54, 1.807) is 0 Å². The van der Waals surface area contributed by atoms with E-state index in [2.05, 4.69) is 10.6 Å². The molecule has 0 unspecified atom stereocenters. The molecule has 0 aromatic carbocycles. The lowest BCUT2D eigenvalue weighted by molar-refractivity contribution is -0.133. The van der Waals surface area contributed by atoms with Crippen molar-refractivity contribution in [1.29, 1.82) is 0 Å². The van der Waals surface area contributed by atoms with E-state index in [0.29, 0.717) is 32.2 Å². The summed E-state index contributed by atoms with van der Waals surface area (Å²) in [5, 5.41) is 6.29. The van der Waals surface area contributed by atoms with E-state index in [9.17, 15) is 4.79 Å². The molecule has 1 fully saturated rings. The fourth-order valence-electron chi connectivity index (χ4n) is 2.20. The zero-order chi connectivity index (χ0) is 16.6. The molecule has 6 heteroatoms. The number of alkyl carbamates (subject to hydrolysis) is 1. The standard InChI is InChI=1S/C16H32N2O4/c1-6-20-14(21-7-2)11-17-13(12-8-9-12)10-18-15(19)22-16(3,4)5/h12-14,17H,6-11H2,1-5H3,(H,18,19)/t13-/m1/s1. The molecular formula is C16H32N2O4.